The number of rotatable bonds is 2. The van der Waals surface area contributed by atoms with Gasteiger partial charge in [-0.15, -0.1) is 0 Å². The summed E-state index contributed by atoms with van der Waals surface area (Å²) in [5.74, 6) is 6.25. The Morgan fingerprint density at radius 2 is 1.77 bits per heavy atom. The highest BCUT2D eigenvalue weighted by Gasteiger charge is 2.10. The summed E-state index contributed by atoms with van der Waals surface area (Å²) in [7, 11) is 3.55. The van der Waals surface area contributed by atoms with Crippen molar-refractivity contribution in [3.8, 4) is 11.8 Å². The Balaban J connectivity index is 2.09. The highest BCUT2D eigenvalue weighted by Crippen LogP contribution is 2.21. The van der Waals surface area contributed by atoms with Crippen LogP contribution in [0.2, 0.25) is 0 Å². The van der Waals surface area contributed by atoms with Crippen molar-refractivity contribution in [2.45, 2.75) is 0 Å². The smallest absolute Gasteiger partial charge is 0.162 e. The molecular formula is C19H16N2O. The Morgan fingerprint density at radius 1 is 1.05 bits per heavy atom. The minimum Gasteiger partial charge on any atom is -0.398 e. The summed E-state index contributed by atoms with van der Waals surface area (Å²) >= 11 is 0. The zero-order valence-corrected chi connectivity index (χ0v) is 12.6. The van der Waals surface area contributed by atoms with E-state index in [1.54, 1.807) is 0 Å². The van der Waals surface area contributed by atoms with Crippen LogP contribution in [-0.4, -0.2) is 17.4 Å². The second-order valence-corrected chi connectivity index (χ2v) is 4.91. The van der Waals surface area contributed by atoms with E-state index in [4.69, 9.17) is 4.84 Å². The van der Waals surface area contributed by atoms with Crippen LogP contribution in [0.5, 0.6) is 0 Å². The number of benzene rings is 2. The van der Waals surface area contributed by atoms with Crippen molar-refractivity contribution in [1.82, 2.24) is 4.57 Å². The van der Waals surface area contributed by atoms with Gasteiger partial charge in [-0.25, -0.2) is 0 Å². The van der Waals surface area contributed by atoms with Crippen LogP contribution >= 0.6 is 0 Å². The highest BCUT2D eigenvalue weighted by molar-refractivity contribution is 6.19. The molecule has 1 heterocycles. The lowest BCUT2D eigenvalue weighted by Gasteiger charge is -1.97. The average Bonchev–Trinajstić information content (AvgIpc) is 2.90. The van der Waals surface area contributed by atoms with Crippen molar-refractivity contribution < 1.29 is 4.84 Å². The van der Waals surface area contributed by atoms with Gasteiger partial charge in [0.2, 0.25) is 0 Å². The average molecular weight is 288 g/mol. The fraction of sp³-hybridized carbons (Fsp3) is 0.105. The molecule has 0 N–H and O–H groups in total. The van der Waals surface area contributed by atoms with E-state index in [9.17, 15) is 0 Å². The molecule has 0 aliphatic heterocycles. The van der Waals surface area contributed by atoms with Crippen LogP contribution in [0.4, 0.5) is 0 Å². The lowest BCUT2D eigenvalue weighted by molar-refractivity contribution is 0.214. The van der Waals surface area contributed by atoms with Gasteiger partial charge in [-0.3, -0.25) is 0 Å². The third-order valence-electron chi connectivity index (χ3n) is 3.43. The van der Waals surface area contributed by atoms with E-state index in [1.807, 2.05) is 55.7 Å². The van der Waals surface area contributed by atoms with Gasteiger partial charge in [-0.2, -0.15) is 0 Å². The van der Waals surface area contributed by atoms with Crippen LogP contribution in [0.1, 0.15) is 11.1 Å². The van der Waals surface area contributed by atoms with Crippen molar-refractivity contribution >= 4 is 16.6 Å². The van der Waals surface area contributed by atoms with E-state index in [0.717, 1.165) is 22.0 Å². The molecular weight excluding hydrogens is 272 g/mol. The fourth-order valence-electron chi connectivity index (χ4n) is 2.41. The zero-order valence-electron chi connectivity index (χ0n) is 12.6. The first-order chi connectivity index (χ1) is 10.8. The van der Waals surface area contributed by atoms with Crippen molar-refractivity contribution in [2.24, 2.45) is 12.2 Å². The second-order valence-electron chi connectivity index (χ2n) is 4.91. The van der Waals surface area contributed by atoms with E-state index in [-0.39, 0.29) is 0 Å². The lowest BCUT2D eigenvalue weighted by atomic mass is 10.1. The molecule has 3 aromatic rings. The summed E-state index contributed by atoms with van der Waals surface area (Å²) in [6.45, 7) is 0. The van der Waals surface area contributed by atoms with Crippen LogP contribution in [0.15, 0.2) is 65.9 Å². The molecule has 3 heteroatoms. The molecule has 0 saturated heterocycles. The molecule has 0 fully saturated rings. The van der Waals surface area contributed by atoms with Gasteiger partial charge in [-0.05, 0) is 24.1 Å². The van der Waals surface area contributed by atoms with Crippen molar-refractivity contribution in [3.05, 3.63) is 71.9 Å². The first-order valence-corrected chi connectivity index (χ1v) is 7.02. The quantitative estimate of drug-likeness (QED) is 0.402. The van der Waals surface area contributed by atoms with Gasteiger partial charge in [0.1, 0.15) is 7.11 Å². The summed E-state index contributed by atoms with van der Waals surface area (Å²) in [5, 5.41) is 5.22. The molecule has 0 amide bonds. The molecule has 0 unspecified atom stereocenters. The van der Waals surface area contributed by atoms with E-state index >= 15 is 0 Å². The van der Waals surface area contributed by atoms with E-state index in [1.165, 1.54) is 7.11 Å². The van der Waals surface area contributed by atoms with Gasteiger partial charge in [0.25, 0.3) is 0 Å². The summed E-state index contributed by atoms with van der Waals surface area (Å²) in [6.07, 6.45) is 2.03. The van der Waals surface area contributed by atoms with Crippen LogP contribution in [0.3, 0.4) is 0 Å². The van der Waals surface area contributed by atoms with Crippen LogP contribution in [0, 0.1) is 11.8 Å². The Hall–Kier alpha value is -2.99. The maximum atomic E-state index is 4.98. The normalized spacial score (nSPS) is 11.1. The molecule has 1 aromatic heterocycles. The minimum atomic E-state index is 0.628. The van der Waals surface area contributed by atoms with Gasteiger partial charge < -0.3 is 9.40 Å². The predicted molar refractivity (Wildman–Crippen MR) is 89.8 cm³/mol. The number of hydrogen-bond acceptors (Lipinski definition) is 2. The number of para-hydroxylation sites is 1. The molecule has 0 saturated carbocycles. The van der Waals surface area contributed by atoms with E-state index in [0.29, 0.717) is 5.71 Å². The molecule has 0 atom stereocenters. The lowest BCUT2D eigenvalue weighted by Crippen LogP contribution is -1.97. The molecule has 0 radical (unpaired) electrons. The Morgan fingerprint density at radius 3 is 2.55 bits per heavy atom. The van der Waals surface area contributed by atoms with Gasteiger partial charge in [0.15, 0.2) is 5.71 Å². The van der Waals surface area contributed by atoms with Crippen LogP contribution < -0.4 is 0 Å². The molecule has 0 bridgehead atoms. The monoisotopic (exact) mass is 288 g/mol. The first-order valence-electron chi connectivity index (χ1n) is 7.02. The van der Waals surface area contributed by atoms with Gasteiger partial charge >= 0.3 is 0 Å². The SMILES string of the molecule is CO/N=C(\C#Cc1ccccc1)c1cn(C)c2ccccc12. The van der Waals surface area contributed by atoms with E-state index < -0.39 is 0 Å². The van der Waals surface area contributed by atoms with Gasteiger partial charge in [0.05, 0.1) is 0 Å². The number of nitrogens with zero attached hydrogens (tertiary/aromatic N) is 2. The summed E-state index contributed by atoms with van der Waals surface area (Å²) in [4.78, 5) is 4.98. The topological polar surface area (TPSA) is 26.5 Å². The standard InChI is InChI=1S/C19H16N2O/c1-21-14-17(16-10-6-7-11-19(16)21)18(20-22-2)13-12-15-8-4-3-5-9-15/h3-11,14H,1-2H3/b20-18+. The summed E-state index contributed by atoms with van der Waals surface area (Å²) in [5.41, 5.74) is 3.70. The van der Waals surface area contributed by atoms with Crippen molar-refractivity contribution in [1.29, 1.82) is 0 Å². The van der Waals surface area contributed by atoms with Gasteiger partial charge in [-0.1, -0.05) is 47.5 Å². The van der Waals surface area contributed by atoms with Crippen molar-refractivity contribution in [3.63, 3.8) is 0 Å². The molecule has 0 spiro atoms. The number of hydrogen-bond donors (Lipinski definition) is 0. The molecule has 2 aromatic carbocycles. The van der Waals surface area contributed by atoms with Crippen LogP contribution in [0.25, 0.3) is 10.9 Å². The van der Waals surface area contributed by atoms with E-state index in [2.05, 4.69) is 33.7 Å². The Kier molecular flexibility index (Phi) is 3.93. The Bertz CT molecular complexity index is 880. The maximum absolute atomic E-state index is 4.98. The van der Waals surface area contributed by atoms with Crippen LogP contribution in [-0.2, 0) is 11.9 Å². The summed E-state index contributed by atoms with van der Waals surface area (Å²) < 4.78 is 2.07. The molecule has 3 rings (SSSR count). The molecule has 0 aliphatic rings. The second kappa shape index (κ2) is 6.19. The number of aromatic nitrogens is 1. The number of fused-ring (bicyclic) bond motifs is 1. The highest BCUT2D eigenvalue weighted by atomic mass is 16.6. The Labute approximate surface area is 129 Å². The molecule has 22 heavy (non-hydrogen) atoms. The minimum absolute atomic E-state index is 0.628. The third-order valence-corrected chi connectivity index (χ3v) is 3.43. The summed E-state index contributed by atoms with van der Waals surface area (Å²) in [6, 6.07) is 18.0. The predicted octanol–water partition coefficient (Wildman–Crippen LogP) is 3.58. The van der Waals surface area contributed by atoms with Crippen molar-refractivity contribution in [2.75, 3.05) is 7.11 Å². The fourth-order valence-corrected chi connectivity index (χ4v) is 2.41. The molecule has 108 valence electrons. The number of oxime groups is 1. The molecule has 0 aliphatic carbocycles. The third kappa shape index (κ3) is 2.72. The zero-order chi connectivity index (χ0) is 15.4. The molecule has 3 nitrogen and oxygen atoms in total. The maximum Gasteiger partial charge on any atom is 0.162 e. The largest absolute Gasteiger partial charge is 0.398 e. The first kappa shape index (κ1) is 14.0. The van der Waals surface area contributed by atoms with Gasteiger partial charge in [0, 0.05) is 35.3 Å². The number of aryl methyl sites for hydroxylation is 1.